The van der Waals surface area contributed by atoms with E-state index in [0.29, 0.717) is 33.8 Å². The third kappa shape index (κ3) is 6.37. The van der Waals surface area contributed by atoms with Crippen molar-refractivity contribution >= 4 is 46.8 Å². The maximum Gasteiger partial charge on any atom is 0.256 e. The van der Waals surface area contributed by atoms with Gasteiger partial charge in [-0.05, 0) is 49.9 Å². The molecule has 2 amide bonds. The van der Waals surface area contributed by atoms with Crippen LogP contribution in [0.4, 0.5) is 0 Å². The summed E-state index contributed by atoms with van der Waals surface area (Å²) in [6.45, 7) is 4.99. The van der Waals surface area contributed by atoms with Gasteiger partial charge in [0.05, 0.1) is 29.2 Å². The van der Waals surface area contributed by atoms with Crippen molar-refractivity contribution in [1.29, 1.82) is 0 Å². The summed E-state index contributed by atoms with van der Waals surface area (Å²) < 4.78 is 5.39. The summed E-state index contributed by atoms with van der Waals surface area (Å²) >= 11 is 14.2. The molecule has 0 bridgehead atoms. The molecule has 1 aliphatic carbocycles. The average molecular weight is 515 g/mol. The molecule has 182 valence electrons. The van der Waals surface area contributed by atoms with E-state index < -0.39 is 6.04 Å². The highest BCUT2D eigenvalue weighted by molar-refractivity contribution is 8.00. The molecular formula is C24H33Cl2N3O3S. The predicted molar refractivity (Wildman–Crippen MR) is 134 cm³/mol. The molecule has 0 aromatic heterocycles. The first kappa shape index (κ1) is 25.1. The number of carbonyl (C=O) groups excluding carboxylic acids is 2. The van der Waals surface area contributed by atoms with E-state index in [9.17, 15) is 9.59 Å². The monoisotopic (exact) mass is 513 g/mol. The molecule has 1 saturated carbocycles. The summed E-state index contributed by atoms with van der Waals surface area (Å²) in [4.78, 5) is 31.0. The molecule has 0 spiro atoms. The van der Waals surface area contributed by atoms with Gasteiger partial charge in [0, 0.05) is 30.4 Å². The molecule has 6 nitrogen and oxygen atoms in total. The van der Waals surface area contributed by atoms with Crippen LogP contribution in [0.15, 0.2) is 18.2 Å². The highest BCUT2D eigenvalue weighted by Gasteiger charge is 2.45. The molecule has 4 rings (SSSR count). The van der Waals surface area contributed by atoms with Gasteiger partial charge in [-0.3, -0.25) is 14.5 Å². The molecule has 2 atom stereocenters. The smallest absolute Gasteiger partial charge is 0.256 e. The second-order valence-corrected chi connectivity index (χ2v) is 11.1. The first-order valence-corrected chi connectivity index (χ1v) is 13.8. The second-order valence-electron chi connectivity index (χ2n) is 9.07. The molecule has 33 heavy (non-hydrogen) atoms. The molecule has 2 unspecified atom stereocenters. The summed E-state index contributed by atoms with van der Waals surface area (Å²) in [5.74, 6) is 0.790. The molecule has 9 heteroatoms. The van der Waals surface area contributed by atoms with Crippen LogP contribution in [0.25, 0.3) is 0 Å². The van der Waals surface area contributed by atoms with Gasteiger partial charge in [-0.15, -0.1) is 11.8 Å². The number of nitrogens with one attached hydrogen (secondary N) is 1. The number of ether oxygens (including phenoxy) is 1. The lowest BCUT2D eigenvalue weighted by atomic mass is 9.88. The Bertz CT molecular complexity index is 831. The van der Waals surface area contributed by atoms with E-state index in [-0.39, 0.29) is 17.2 Å². The van der Waals surface area contributed by atoms with Crippen LogP contribution in [-0.4, -0.2) is 78.2 Å². The van der Waals surface area contributed by atoms with Crippen molar-refractivity contribution in [1.82, 2.24) is 15.1 Å². The summed E-state index contributed by atoms with van der Waals surface area (Å²) in [5.41, 5.74) is 0.412. The van der Waals surface area contributed by atoms with Crippen molar-refractivity contribution in [3.8, 4) is 0 Å². The van der Waals surface area contributed by atoms with Gasteiger partial charge in [0.15, 0.2) is 0 Å². The molecular weight excluding hydrogens is 481 g/mol. The van der Waals surface area contributed by atoms with Crippen LogP contribution < -0.4 is 5.32 Å². The van der Waals surface area contributed by atoms with Crippen molar-refractivity contribution in [3.63, 3.8) is 0 Å². The van der Waals surface area contributed by atoms with Crippen LogP contribution in [0.3, 0.4) is 0 Å². The van der Waals surface area contributed by atoms with Gasteiger partial charge in [-0.1, -0.05) is 42.5 Å². The van der Waals surface area contributed by atoms with Gasteiger partial charge in [0.2, 0.25) is 5.91 Å². The van der Waals surface area contributed by atoms with Crippen LogP contribution in [-0.2, 0) is 9.53 Å². The van der Waals surface area contributed by atoms with E-state index in [1.165, 1.54) is 19.3 Å². The Morgan fingerprint density at radius 2 is 1.88 bits per heavy atom. The van der Waals surface area contributed by atoms with Crippen LogP contribution in [0, 0.1) is 5.92 Å². The summed E-state index contributed by atoms with van der Waals surface area (Å²) in [6.07, 6.45) is 6.70. The Morgan fingerprint density at radius 1 is 1.12 bits per heavy atom. The molecule has 3 aliphatic rings. The normalized spacial score (nSPS) is 24.7. The van der Waals surface area contributed by atoms with E-state index in [1.807, 2.05) is 4.90 Å². The van der Waals surface area contributed by atoms with Crippen LogP contribution in [0.5, 0.6) is 0 Å². The van der Waals surface area contributed by atoms with Gasteiger partial charge < -0.3 is 15.0 Å². The van der Waals surface area contributed by atoms with E-state index in [1.54, 1.807) is 30.0 Å². The highest BCUT2D eigenvalue weighted by atomic mass is 35.5. The molecule has 1 N–H and O–H groups in total. The molecule has 0 radical (unpaired) electrons. The van der Waals surface area contributed by atoms with Crippen molar-refractivity contribution in [2.75, 3.05) is 45.1 Å². The van der Waals surface area contributed by atoms with Gasteiger partial charge in [-0.25, -0.2) is 0 Å². The van der Waals surface area contributed by atoms with E-state index in [4.69, 9.17) is 27.9 Å². The fourth-order valence-corrected chi connectivity index (χ4v) is 7.16. The molecule has 2 saturated heterocycles. The average Bonchev–Trinajstić information content (AvgIpc) is 3.28. The minimum absolute atomic E-state index is 0.00800. The molecule has 3 fully saturated rings. The number of carbonyl (C=O) groups is 2. The van der Waals surface area contributed by atoms with Crippen molar-refractivity contribution in [2.45, 2.75) is 49.9 Å². The molecule has 1 aromatic rings. The van der Waals surface area contributed by atoms with Crippen LogP contribution in [0.2, 0.25) is 10.0 Å². The minimum Gasteiger partial charge on any atom is -0.379 e. The maximum atomic E-state index is 13.7. The van der Waals surface area contributed by atoms with E-state index in [0.717, 1.165) is 52.1 Å². The summed E-state index contributed by atoms with van der Waals surface area (Å²) in [6, 6.07) is 4.46. The lowest BCUT2D eigenvalue weighted by Gasteiger charge is -2.35. The second kappa shape index (κ2) is 12.1. The lowest BCUT2D eigenvalue weighted by Crippen LogP contribution is -2.51. The SMILES string of the molecule is O=C(NCCCN1CCOCC1)C1CSC(C2CCCCC2)N1C(=O)c1ccc(Cl)cc1Cl. The first-order chi connectivity index (χ1) is 16.0. The fourth-order valence-electron chi connectivity index (χ4n) is 5.03. The molecule has 2 heterocycles. The number of morpholine rings is 1. The minimum atomic E-state index is -0.482. The van der Waals surface area contributed by atoms with Gasteiger partial charge in [0.25, 0.3) is 5.91 Å². The van der Waals surface area contributed by atoms with Crippen molar-refractivity contribution < 1.29 is 14.3 Å². The Morgan fingerprint density at radius 3 is 2.61 bits per heavy atom. The number of rotatable bonds is 7. The van der Waals surface area contributed by atoms with Gasteiger partial charge in [0.1, 0.15) is 6.04 Å². The fraction of sp³-hybridized carbons (Fsp3) is 0.667. The molecule has 1 aromatic carbocycles. The van der Waals surface area contributed by atoms with Crippen LogP contribution >= 0.6 is 35.0 Å². The lowest BCUT2D eigenvalue weighted by molar-refractivity contribution is -0.125. The third-order valence-corrected chi connectivity index (χ3v) is 8.85. The third-order valence-electron chi connectivity index (χ3n) is 6.84. The van der Waals surface area contributed by atoms with Gasteiger partial charge >= 0.3 is 0 Å². The number of nitrogens with zero attached hydrogens (tertiary/aromatic N) is 2. The van der Waals surface area contributed by atoms with E-state index in [2.05, 4.69) is 10.2 Å². The largest absolute Gasteiger partial charge is 0.379 e. The Kier molecular flexibility index (Phi) is 9.22. The highest BCUT2D eigenvalue weighted by Crippen LogP contribution is 2.41. The Balaban J connectivity index is 1.43. The maximum absolute atomic E-state index is 13.7. The van der Waals surface area contributed by atoms with Crippen molar-refractivity contribution in [2.24, 2.45) is 5.92 Å². The number of thioether (sulfide) groups is 1. The Hall–Kier alpha value is -0.990. The number of amides is 2. The van der Waals surface area contributed by atoms with E-state index >= 15 is 0 Å². The zero-order valence-corrected chi connectivity index (χ0v) is 21.3. The predicted octanol–water partition coefficient (Wildman–Crippen LogP) is 4.30. The molecule has 2 aliphatic heterocycles. The topological polar surface area (TPSA) is 61.9 Å². The number of benzene rings is 1. The quantitative estimate of drug-likeness (QED) is 0.550. The standard InChI is InChI=1S/C24H33Cl2N3O3S/c25-18-7-8-19(20(26)15-18)23(31)29-21(16-33-24(29)17-5-2-1-3-6-17)22(30)27-9-4-10-28-11-13-32-14-12-28/h7-8,15,17,21,24H,1-6,9-14,16H2,(H,27,30). The Labute approximate surface area is 210 Å². The zero-order chi connectivity index (χ0) is 23.2. The number of hydrogen-bond acceptors (Lipinski definition) is 5. The van der Waals surface area contributed by atoms with Crippen LogP contribution in [0.1, 0.15) is 48.9 Å². The van der Waals surface area contributed by atoms with Gasteiger partial charge in [-0.2, -0.15) is 0 Å². The van der Waals surface area contributed by atoms with Crippen molar-refractivity contribution in [3.05, 3.63) is 33.8 Å². The summed E-state index contributed by atoms with van der Waals surface area (Å²) in [7, 11) is 0. The number of halogens is 2. The summed E-state index contributed by atoms with van der Waals surface area (Å²) in [5, 5.41) is 3.92. The first-order valence-electron chi connectivity index (χ1n) is 12.0. The number of hydrogen-bond donors (Lipinski definition) is 1. The zero-order valence-electron chi connectivity index (χ0n) is 18.9.